The van der Waals surface area contributed by atoms with Crippen LogP contribution in [0.2, 0.25) is 0 Å². The zero-order valence-corrected chi connectivity index (χ0v) is 18.3. The van der Waals surface area contributed by atoms with Gasteiger partial charge in [-0.3, -0.25) is 4.79 Å². The molecule has 2 aromatic rings. The number of rotatable bonds is 5. The van der Waals surface area contributed by atoms with Crippen molar-refractivity contribution < 1.29 is 37.3 Å². The molecule has 0 aliphatic carbocycles. The van der Waals surface area contributed by atoms with Crippen LogP contribution < -0.4 is 4.74 Å². The molecule has 2 aliphatic heterocycles. The van der Waals surface area contributed by atoms with Crippen molar-refractivity contribution in [1.82, 2.24) is 19.9 Å². The van der Waals surface area contributed by atoms with Gasteiger partial charge in [0, 0.05) is 44.4 Å². The molecular weight excluding hydrogens is 457 g/mol. The molecule has 0 aromatic carbocycles. The molecule has 2 aromatic heterocycles. The summed E-state index contributed by atoms with van der Waals surface area (Å²) in [5.41, 5.74) is -0.137. The summed E-state index contributed by atoms with van der Waals surface area (Å²) in [6.45, 7) is 2.76. The van der Waals surface area contributed by atoms with Gasteiger partial charge >= 0.3 is 12.1 Å². The second kappa shape index (κ2) is 11.2. The highest BCUT2D eigenvalue weighted by molar-refractivity contribution is 5.90. The first-order valence-corrected chi connectivity index (χ1v) is 10.8. The first kappa shape index (κ1) is 25.3. The number of aliphatic carboxylic acids is 1. The molecule has 4 rings (SSSR count). The van der Waals surface area contributed by atoms with Crippen LogP contribution in [0.4, 0.5) is 13.2 Å². The number of hydrogen-bond acceptors (Lipinski definition) is 7. The summed E-state index contributed by atoms with van der Waals surface area (Å²) in [4.78, 5) is 35.6. The first-order valence-electron chi connectivity index (χ1n) is 10.8. The summed E-state index contributed by atoms with van der Waals surface area (Å²) in [6.07, 6.45) is 3.53. The topological polar surface area (TPSA) is 115 Å². The maximum absolute atomic E-state index is 12.5. The van der Waals surface area contributed by atoms with E-state index in [9.17, 15) is 18.0 Å². The number of pyridine rings is 1. The lowest BCUT2D eigenvalue weighted by atomic mass is 9.78. The largest absolute Gasteiger partial charge is 0.490 e. The van der Waals surface area contributed by atoms with E-state index in [1.807, 2.05) is 23.1 Å². The van der Waals surface area contributed by atoms with Gasteiger partial charge < -0.3 is 19.5 Å². The van der Waals surface area contributed by atoms with Gasteiger partial charge in [0.15, 0.2) is 0 Å². The fourth-order valence-corrected chi connectivity index (χ4v) is 4.12. The minimum Gasteiger partial charge on any atom is -0.478 e. The molecule has 2 saturated heterocycles. The van der Waals surface area contributed by atoms with E-state index < -0.39 is 12.1 Å². The van der Waals surface area contributed by atoms with Crippen molar-refractivity contribution in [2.24, 2.45) is 5.92 Å². The molecule has 1 atom stereocenters. The van der Waals surface area contributed by atoms with Crippen LogP contribution in [0.1, 0.15) is 36.3 Å². The molecule has 0 bridgehead atoms. The zero-order chi connectivity index (χ0) is 24.6. The summed E-state index contributed by atoms with van der Waals surface area (Å²) in [7, 11) is 0. The van der Waals surface area contributed by atoms with E-state index in [0.29, 0.717) is 31.5 Å². The molecule has 184 valence electrons. The van der Waals surface area contributed by atoms with Crippen LogP contribution in [0.5, 0.6) is 5.88 Å². The number of hydrogen-bond donors (Lipinski definition) is 1. The molecule has 34 heavy (non-hydrogen) atoms. The average molecular weight is 482 g/mol. The fourth-order valence-electron chi connectivity index (χ4n) is 4.12. The zero-order valence-electron chi connectivity index (χ0n) is 18.3. The van der Waals surface area contributed by atoms with Crippen LogP contribution in [0, 0.1) is 5.92 Å². The molecular formula is C22H25F3N4O5. The summed E-state index contributed by atoms with van der Waals surface area (Å²) >= 11 is 0. The number of halogens is 3. The van der Waals surface area contributed by atoms with Crippen LogP contribution in [-0.4, -0.2) is 74.9 Å². The van der Waals surface area contributed by atoms with E-state index in [1.165, 1.54) is 0 Å². The number of carbonyl (C=O) groups is 2. The fraction of sp³-hybridized carbons (Fsp3) is 0.500. The third kappa shape index (κ3) is 6.62. The van der Waals surface area contributed by atoms with Crippen molar-refractivity contribution in [3.05, 3.63) is 48.7 Å². The van der Waals surface area contributed by atoms with Crippen LogP contribution in [-0.2, 0) is 9.53 Å². The lowest BCUT2D eigenvalue weighted by molar-refractivity contribution is -0.192. The SMILES string of the molecule is O=C(O)C(F)(F)F.O=C(c1ncccn1)N1CCC2(CC1)OCCC2CCOc1ccccn1. The molecule has 2 aliphatic rings. The van der Waals surface area contributed by atoms with Gasteiger partial charge in [-0.2, -0.15) is 13.2 Å². The quantitative estimate of drug-likeness (QED) is 0.692. The number of ether oxygens (including phenoxy) is 2. The number of amides is 1. The van der Waals surface area contributed by atoms with Crippen LogP contribution in [0.15, 0.2) is 42.9 Å². The highest BCUT2D eigenvalue weighted by Crippen LogP contribution is 2.42. The molecule has 9 nitrogen and oxygen atoms in total. The number of aromatic nitrogens is 3. The van der Waals surface area contributed by atoms with Crippen molar-refractivity contribution in [3.8, 4) is 5.88 Å². The van der Waals surface area contributed by atoms with Gasteiger partial charge in [-0.05, 0) is 43.7 Å². The predicted molar refractivity (Wildman–Crippen MR) is 112 cm³/mol. The van der Waals surface area contributed by atoms with E-state index in [2.05, 4.69) is 15.0 Å². The molecule has 0 radical (unpaired) electrons. The Hall–Kier alpha value is -3.28. The Balaban J connectivity index is 0.000000406. The van der Waals surface area contributed by atoms with Gasteiger partial charge in [-0.1, -0.05) is 6.07 Å². The highest BCUT2D eigenvalue weighted by Gasteiger charge is 2.46. The van der Waals surface area contributed by atoms with E-state index in [1.54, 1.807) is 24.7 Å². The number of alkyl halides is 3. The Morgan fingerprint density at radius 3 is 2.35 bits per heavy atom. The lowest BCUT2D eigenvalue weighted by Crippen LogP contribution is -2.49. The molecule has 1 unspecified atom stereocenters. The Morgan fingerprint density at radius 1 is 1.12 bits per heavy atom. The van der Waals surface area contributed by atoms with Crippen molar-refractivity contribution in [3.63, 3.8) is 0 Å². The van der Waals surface area contributed by atoms with Gasteiger partial charge in [0.05, 0.1) is 12.2 Å². The number of carbonyl (C=O) groups excluding carboxylic acids is 1. The third-order valence-corrected chi connectivity index (χ3v) is 5.85. The number of carboxylic acids is 1. The highest BCUT2D eigenvalue weighted by atomic mass is 19.4. The number of likely N-dealkylation sites (tertiary alicyclic amines) is 1. The van der Waals surface area contributed by atoms with Gasteiger partial charge in [0.2, 0.25) is 11.7 Å². The molecule has 1 spiro atoms. The molecule has 12 heteroatoms. The Morgan fingerprint density at radius 2 is 1.76 bits per heavy atom. The second-order valence-corrected chi connectivity index (χ2v) is 7.87. The molecule has 4 heterocycles. The summed E-state index contributed by atoms with van der Waals surface area (Å²) < 4.78 is 43.7. The normalized spacial score (nSPS) is 19.3. The van der Waals surface area contributed by atoms with Crippen LogP contribution in [0.25, 0.3) is 0 Å². The number of piperidine rings is 1. The van der Waals surface area contributed by atoms with Gasteiger partial charge in [0.25, 0.3) is 5.91 Å². The third-order valence-electron chi connectivity index (χ3n) is 5.85. The van der Waals surface area contributed by atoms with E-state index in [4.69, 9.17) is 19.4 Å². The second-order valence-electron chi connectivity index (χ2n) is 7.87. The number of carboxylic acid groups (broad SMARTS) is 1. The maximum atomic E-state index is 12.5. The van der Waals surface area contributed by atoms with Crippen molar-refractivity contribution in [2.45, 2.75) is 37.5 Å². The van der Waals surface area contributed by atoms with Crippen molar-refractivity contribution in [1.29, 1.82) is 0 Å². The first-order chi connectivity index (χ1) is 16.2. The summed E-state index contributed by atoms with van der Waals surface area (Å²) in [5, 5.41) is 7.12. The molecule has 1 N–H and O–H groups in total. The van der Waals surface area contributed by atoms with Crippen LogP contribution in [0.3, 0.4) is 0 Å². The predicted octanol–water partition coefficient (Wildman–Crippen LogP) is 2.99. The number of nitrogens with zero attached hydrogens (tertiary/aromatic N) is 4. The van der Waals surface area contributed by atoms with E-state index in [-0.39, 0.29) is 17.3 Å². The van der Waals surface area contributed by atoms with E-state index in [0.717, 1.165) is 32.3 Å². The summed E-state index contributed by atoms with van der Waals surface area (Å²) in [6, 6.07) is 7.39. The Labute approximate surface area is 193 Å². The lowest BCUT2D eigenvalue weighted by Gasteiger charge is -2.42. The molecule has 2 fully saturated rings. The molecule has 0 saturated carbocycles. The van der Waals surface area contributed by atoms with Gasteiger partial charge in [-0.15, -0.1) is 0 Å². The van der Waals surface area contributed by atoms with Crippen LogP contribution >= 0.6 is 0 Å². The maximum Gasteiger partial charge on any atom is 0.490 e. The Kier molecular flexibility index (Phi) is 8.37. The standard InChI is InChI=1S/C20H24N4O3.C2HF3O2/c25-19(18-22-10-3-11-23-18)24-12-7-20(8-13-24)16(6-15-27-20)5-14-26-17-4-1-2-9-21-17;3-2(4,5)1(6)7/h1-4,9-11,16H,5-8,12-15H2;(H,6,7). The minimum absolute atomic E-state index is 0.0986. The monoisotopic (exact) mass is 482 g/mol. The average Bonchev–Trinajstić information content (AvgIpc) is 3.22. The van der Waals surface area contributed by atoms with Crippen molar-refractivity contribution in [2.75, 3.05) is 26.3 Å². The molecule has 1 amide bonds. The van der Waals surface area contributed by atoms with Crippen molar-refractivity contribution >= 4 is 11.9 Å². The summed E-state index contributed by atoms with van der Waals surface area (Å²) in [5.74, 6) is -1.48. The smallest absolute Gasteiger partial charge is 0.478 e. The van der Waals surface area contributed by atoms with Gasteiger partial charge in [-0.25, -0.2) is 19.7 Å². The minimum atomic E-state index is -5.08. The van der Waals surface area contributed by atoms with Gasteiger partial charge in [0.1, 0.15) is 0 Å². The Bertz CT molecular complexity index is 939. The van der Waals surface area contributed by atoms with E-state index >= 15 is 0 Å².